The van der Waals surface area contributed by atoms with Crippen molar-refractivity contribution in [2.45, 2.75) is 49.5 Å². The first-order valence-electron chi connectivity index (χ1n) is 12.4. The number of hydrogen-bond donors (Lipinski definition) is 3. The summed E-state index contributed by atoms with van der Waals surface area (Å²) in [5, 5.41) is 5.79. The fraction of sp³-hybridized carbons (Fsp3) is 0.250. The van der Waals surface area contributed by atoms with Gasteiger partial charge in [-0.2, -0.15) is 0 Å². The molecule has 2 atom stereocenters. The summed E-state index contributed by atoms with van der Waals surface area (Å²) >= 11 is 0. The van der Waals surface area contributed by atoms with Gasteiger partial charge in [0.2, 0.25) is 5.91 Å². The molecule has 3 N–H and O–H groups in total. The lowest BCUT2D eigenvalue weighted by Gasteiger charge is -2.24. The van der Waals surface area contributed by atoms with Crippen LogP contribution in [0.2, 0.25) is 0 Å². The first-order chi connectivity index (χ1) is 18.2. The molecule has 0 bridgehead atoms. The van der Waals surface area contributed by atoms with E-state index >= 15 is 0 Å². The van der Waals surface area contributed by atoms with Gasteiger partial charge < -0.3 is 15.2 Å². The van der Waals surface area contributed by atoms with E-state index < -0.39 is 21.6 Å². The number of hydrogen-bond acceptors (Lipinski definition) is 5. The van der Waals surface area contributed by atoms with E-state index in [9.17, 15) is 18.0 Å². The van der Waals surface area contributed by atoms with Crippen LogP contribution in [-0.2, 0) is 20.4 Å². The number of allylic oxidation sites excluding steroid dienone is 4. The number of carbonyl (C=O) groups excluding carboxylic acids is 2. The Morgan fingerprint density at radius 3 is 2.45 bits per heavy atom. The molecule has 0 radical (unpaired) electrons. The lowest BCUT2D eigenvalue weighted by Crippen LogP contribution is -2.46. The highest BCUT2D eigenvalue weighted by Crippen LogP contribution is 2.58. The van der Waals surface area contributed by atoms with Crippen LogP contribution in [-0.4, -0.2) is 29.9 Å². The van der Waals surface area contributed by atoms with Crippen LogP contribution in [0.5, 0.6) is 0 Å². The Bertz CT molecular complexity index is 1560. The highest BCUT2D eigenvalue weighted by Gasteiger charge is 2.60. The van der Waals surface area contributed by atoms with Crippen molar-refractivity contribution in [1.29, 1.82) is 0 Å². The Morgan fingerprint density at radius 1 is 1.03 bits per heavy atom. The van der Waals surface area contributed by atoms with Gasteiger partial charge in [-0.25, -0.2) is 22.9 Å². The molecule has 0 saturated heterocycles. The van der Waals surface area contributed by atoms with E-state index in [1.54, 1.807) is 31.3 Å². The largest absolute Gasteiger partial charge is 0.330 e. The molecule has 1 aromatic heterocycles. The van der Waals surface area contributed by atoms with E-state index in [2.05, 4.69) is 20.3 Å². The molecule has 3 aromatic rings. The third-order valence-electron chi connectivity index (χ3n) is 6.92. The van der Waals surface area contributed by atoms with Crippen LogP contribution < -0.4 is 15.4 Å². The van der Waals surface area contributed by atoms with Gasteiger partial charge in [0, 0.05) is 36.6 Å². The first kappa shape index (κ1) is 25.5. The van der Waals surface area contributed by atoms with Gasteiger partial charge in [0.1, 0.15) is 11.4 Å². The zero-order chi connectivity index (χ0) is 26.9. The number of rotatable bonds is 7. The summed E-state index contributed by atoms with van der Waals surface area (Å²) in [5.74, 6) is 0.416. The first-order valence-corrected chi connectivity index (χ1v) is 13.8. The number of aryl methyl sites for hydroxylation is 1. The topological polar surface area (TPSA) is 122 Å². The van der Waals surface area contributed by atoms with Crippen molar-refractivity contribution in [3.8, 4) is 0 Å². The third-order valence-corrected chi connectivity index (χ3v) is 8.41. The summed E-state index contributed by atoms with van der Waals surface area (Å²) in [4.78, 5) is 29.3. The molecule has 1 saturated carbocycles. The van der Waals surface area contributed by atoms with E-state index in [0.29, 0.717) is 30.7 Å². The third kappa shape index (κ3) is 4.99. The summed E-state index contributed by atoms with van der Waals surface area (Å²) < 4.78 is 30.1. The molecule has 9 nitrogen and oxygen atoms in total. The second-order valence-electron chi connectivity index (χ2n) is 9.62. The Morgan fingerprint density at radius 2 is 1.76 bits per heavy atom. The Kier molecular flexibility index (Phi) is 6.66. The second kappa shape index (κ2) is 9.94. The molecule has 2 aliphatic carbocycles. The maximum absolute atomic E-state index is 13.2. The monoisotopic (exact) mass is 531 g/mol. The van der Waals surface area contributed by atoms with E-state index in [0.717, 1.165) is 17.0 Å². The van der Waals surface area contributed by atoms with Crippen molar-refractivity contribution in [2.24, 2.45) is 0 Å². The molecule has 10 heteroatoms. The van der Waals surface area contributed by atoms with Gasteiger partial charge in [-0.15, -0.1) is 0 Å². The van der Waals surface area contributed by atoms with Gasteiger partial charge in [-0.1, -0.05) is 48.5 Å². The summed E-state index contributed by atoms with van der Waals surface area (Å²) in [6, 6.07) is 15.5. The van der Waals surface area contributed by atoms with Crippen LogP contribution in [0.1, 0.15) is 49.1 Å². The predicted octanol–water partition coefficient (Wildman–Crippen LogP) is 3.92. The smallest absolute Gasteiger partial charge is 0.329 e. The number of carbonyl (C=O) groups is 2. The van der Waals surface area contributed by atoms with Crippen LogP contribution >= 0.6 is 0 Å². The Hall–Kier alpha value is -4.18. The average molecular weight is 532 g/mol. The second-order valence-corrected chi connectivity index (χ2v) is 11.3. The molecule has 1 fully saturated rings. The van der Waals surface area contributed by atoms with Gasteiger partial charge in [0.05, 0.1) is 4.90 Å². The van der Waals surface area contributed by atoms with E-state index in [4.69, 9.17) is 0 Å². The van der Waals surface area contributed by atoms with Crippen LogP contribution in [0.4, 0.5) is 4.79 Å². The quantitative estimate of drug-likeness (QED) is 0.427. The number of nitrogens with one attached hydrogen (secondary N) is 3. The molecular formula is C28H29N5O4S. The minimum atomic E-state index is -4.08. The van der Waals surface area contributed by atoms with Crippen LogP contribution in [0.15, 0.2) is 89.7 Å². The summed E-state index contributed by atoms with van der Waals surface area (Å²) in [6.07, 6.45) is 9.19. The van der Waals surface area contributed by atoms with E-state index in [-0.39, 0.29) is 16.7 Å². The molecule has 3 amide bonds. The minimum absolute atomic E-state index is 0.0511. The van der Waals surface area contributed by atoms with Crippen molar-refractivity contribution in [3.05, 3.63) is 102 Å². The molecule has 0 aliphatic heterocycles. The molecule has 1 heterocycles. The van der Waals surface area contributed by atoms with E-state index in [1.165, 1.54) is 13.0 Å². The van der Waals surface area contributed by atoms with Crippen LogP contribution in [0, 0.1) is 6.92 Å². The minimum Gasteiger partial charge on any atom is -0.330 e. The van der Waals surface area contributed by atoms with Crippen molar-refractivity contribution in [3.63, 3.8) is 0 Å². The standard InChI is InChI=1S/C28H29N5O4S/c1-19-8-6-7-11-25(19)38(36,37)32-27(35)31-28(18-24(28)21-9-4-3-5-10-21)26-29-16-17-33(26)23-14-12-22(13-15-23)30-20(2)34/h3-12,14,16-17,24H,13,15,18H2,1-2H3,(H,30,34)(H2,31,32,35). The number of benzene rings is 2. The zero-order valence-electron chi connectivity index (χ0n) is 21.1. The van der Waals surface area contributed by atoms with E-state index in [1.807, 2.05) is 53.2 Å². The van der Waals surface area contributed by atoms with Gasteiger partial charge in [-0.05, 0) is 55.5 Å². The number of urea groups is 1. The van der Waals surface area contributed by atoms with Gasteiger partial charge in [-0.3, -0.25) is 4.79 Å². The highest BCUT2D eigenvalue weighted by molar-refractivity contribution is 7.90. The molecule has 196 valence electrons. The Labute approximate surface area is 221 Å². The van der Waals surface area contributed by atoms with Crippen molar-refractivity contribution >= 4 is 27.7 Å². The number of imidazole rings is 1. The fourth-order valence-corrected chi connectivity index (χ4v) is 6.23. The summed E-state index contributed by atoms with van der Waals surface area (Å²) in [7, 11) is -4.08. The van der Waals surface area contributed by atoms with Gasteiger partial charge in [0.25, 0.3) is 10.0 Å². The molecule has 0 spiro atoms. The normalized spacial score (nSPS) is 20.6. The average Bonchev–Trinajstić information content (AvgIpc) is 3.37. The molecular weight excluding hydrogens is 502 g/mol. The fourth-order valence-electron chi connectivity index (χ4n) is 5.08. The van der Waals surface area contributed by atoms with Crippen LogP contribution in [0.25, 0.3) is 5.70 Å². The Balaban J connectivity index is 1.46. The molecule has 2 unspecified atom stereocenters. The number of aromatic nitrogens is 2. The lowest BCUT2D eigenvalue weighted by atomic mass is 10.0. The maximum atomic E-state index is 13.2. The summed E-state index contributed by atoms with van der Waals surface area (Å²) in [5.41, 5.74) is 2.46. The number of nitrogens with zero attached hydrogens (tertiary/aromatic N) is 2. The zero-order valence-corrected chi connectivity index (χ0v) is 22.0. The summed E-state index contributed by atoms with van der Waals surface area (Å²) in [6.45, 7) is 3.16. The number of sulfonamides is 1. The molecule has 2 aromatic carbocycles. The maximum Gasteiger partial charge on any atom is 0.329 e. The van der Waals surface area contributed by atoms with Crippen molar-refractivity contribution < 1.29 is 18.0 Å². The van der Waals surface area contributed by atoms with Crippen molar-refractivity contribution in [2.75, 3.05) is 0 Å². The number of amides is 3. The van der Waals surface area contributed by atoms with Crippen LogP contribution in [0.3, 0.4) is 0 Å². The molecule has 2 aliphatic rings. The SMILES string of the molecule is CC(=O)NC1=CC=C(n2ccnc2C2(NC(=O)NS(=O)(=O)c3ccccc3C)CC2c2ccccc2)CC1. The van der Waals surface area contributed by atoms with Gasteiger partial charge >= 0.3 is 6.03 Å². The lowest BCUT2D eigenvalue weighted by molar-refractivity contribution is -0.118. The molecule has 5 rings (SSSR count). The predicted molar refractivity (Wildman–Crippen MR) is 143 cm³/mol. The highest BCUT2D eigenvalue weighted by atomic mass is 32.2. The van der Waals surface area contributed by atoms with Crippen molar-refractivity contribution in [1.82, 2.24) is 24.9 Å². The van der Waals surface area contributed by atoms with Gasteiger partial charge in [0.15, 0.2) is 0 Å². The molecule has 38 heavy (non-hydrogen) atoms.